The van der Waals surface area contributed by atoms with E-state index in [2.05, 4.69) is 5.32 Å². The van der Waals surface area contributed by atoms with Crippen LogP contribution in [0.4, 0.5) is 5.69 Å². The quantitative estimate of drug-likeness (QED) is 0.460. The summed E-state index contributed by atoms with van der Waals surface area (Å²) in [6, 6.07) is 21.7. The summed E-state index contributed by atoms with van der Waals surface area (Å²) in [5.74, 6) is -0.840. The average molecular weight is 409 g/mol. The molecule has 148 valence electrons. The van der Waals surface area contributed by atoms with Crippen LogP contribution in [-0.4, -0.2) is 19.0 Å². The highest BCUT2D eigenvalue weighted by Gasteiger charge is 2.21. The minimum atomic E-state index is -0.571. The molecule has 29 heavy (non-hydrogen) atoms. The van der Waals surface area contributed by atoms with E-state index in [1.807, 2.05) is 54.6 Å². The number of nitrogens with two attached hydrogens (primary N) is 1. The maximum absolute atomic E-state index is 12.8. The van der Waals surface area contributed by atoms with Gasteiger partial charge in [-0.25, -0.2) is 0 Å². The van der Waals surface area contributed by atoms with Crippen molar-refractivity contribution in [1.29, 1.82) is 0 Å². The topological polar surface area (TPSA) is 81.4 Å². The highest BCUT2D eigenvalue weighted by atomic mass is 35.5. The number of benzene rings is 3. The number of halogens is 1. The van der Waals surface area contributed by atoms with Gasteiger partial charge in [0, 0.05) is 10.7 Å². The molecule has 0 spiro atoms. The van der Waals surface area contributed by atoms with Crippen molar-refractivity contribution in [3.8, 4) is 11.1 Å². The molecule has 0 aromatic heterocycles. The van der Waals surface area contributed by atoms with Gasteiger partial charge in [0.25, 0.3) is 5.91 Å². The van der Waals surface area contributed by atoms with E-state index >= 15 is 0 Å². The van der Waals surface area contributed by atoms with Crippen LogP contribution in [0.25, 0.3) is 11.1 Å². The Bertz CT molecular complexity index is 1000. The number of nitrogen functional groups attached to an aromatic ring is 1. The van der Waals surface area contributed by atoms with Crippen molar-refractivity contribution in [1.82, 2.24) is 5.32 Å². The van der Waals surface area contributed by atoms with Crippen molar-refractivity contribution in [3.63, 3.8) is 0 Å². The van der Waals surface area contributed by atoms with Gasteiger partial charge in [-0.2, -0.15) is 0 Å². The van der Waals surface area contributed by atoms with Crippen molar-refractivity contribution in [2.45, 2.75) is 12.5 Å². The van der Waals surface area contributed by atoms with Gasteiger partial charge in [-0.15, -0.1) is 0 Å². The summed E-state index contributed by atoms with van der Waals surface area (Å²) in [4.78, 5) is 24.7. The summed E-state index contributed by atoms with van der Waals surface area (Å²) < 4.78 is 4.79. The number of methoxy groups -OCH3 is 1. The van der Waals surface area contributed by atoms with Gasteiger partial charge in [0.1, 0.15) is 0 Å². The second kappa shape index (κ2) is 9.26. The zero-order valence-electron chi connectivity index (χ0n) is 15.9. The zero-order chi connectivity index (χ0) is 20.8. The Morgan fingerprint density at radius 1 is 1.00 bits per heavy atom. The maximum atomic E-state index is 12.8. The van der Waals surface area contributed by atoms with Crippen molar-refractivity contribution in [2.24, 2.45) is 0 Å². The molecule has 5 nitrogen and oxygen atoms in total. The second-order valence-corrected chi connectivity index (χ2v) is 6.96. The minimum Gasteiger partial charge on any atom is -0.469 e. The van der Waals surface area contributed by atoms with Crippen LogP contribution in [-0.2, 0) is 9.53 Å². The minimum absolute atomic E-state index is 0.00655. The molecule has 0 radical (unpaired) electrons. The van der Waals surface area contributed by atoms with Crippen LogP contribution in [0.5, 0.6) is 0 Å². The Morgan fingerprint density at radius 2 is 1.66 bits per heavy atom. The first kappa shape index (κ1) is 20.4. The Balaban J connectivity index is 1.86. The van der Waals surface area contributed by atoms with Gasteiger partial charge in [-0.3, -0.25) is 9.59 Å². The first-order chi connectivity index (χ1) is 14.0. The predicted octanol–water partition coefficient (Wildman–Crippen LogP) is 4.62. The number of nitrogens with one attached hydrogen (secondary N) is 1. The molecule has 3 N–H and O–H groups in total. The lowest BCUT2D eigenvalue weighted by Crippen LogP contribution is -2.31. The molecular formula is C23H21ClN2O3. The number of carbonyl (C=O) groups is 2. The number of amides is 1. The smallest absolute Gasteiger partial charge is 0.307 e. The normalized spacial score (nSPS) is 11.5. The van der Waals surface area contributed by atoms with Crippen LogP contribution in [0.1, 0.15) is 28.4 Å². The van der Waals surface area contributed by atoms with Gasteiger partial charge >= 0.3 is 5.97 Å². The van der Waals surface area contributed by atoms with E-state index in [0.717, 1.165) is 16.7 Å². The van der Waals surface area contributed by atoms with E-state index in [1.54, 1.807) is 12.1 Å². The lowest BCUT2D eigenvalue weighted by Gasteiger charge is -2.19. The lowest BCUT2D eigenvalue weighted by molar-refractivity contribution is -0.141. The molecule has 1 atom stereocenters. The van der Waals surface area contributed by atoms with Crippen molar-refractivity contribution in [3.05, 3.63) is 88.9 Å². The fraction of sp³-hybridized carbons (Fsp3) is 0.130. The standard InChI is InChI=1S/C23H21ClN2O3/c1-29-22(27)14-21(26-23(28)19-13-18(24)11-12-20(19)25)17-9-7-16(8-10-17)15-5-3-2-4-6-15/h2-13,21H,14,25H2,1H3,(H,26,28). The van der Waals surface area contributed by atoms with Crippen molar-refractivity contribution in [2.75, 3.05) is 12.8 Å². The second-order valence-electron chi connectivity index (χ2n) is 6.53. The number of anilines is 1. The number of ether oxygens (including phenoxy) is 1. The summed E-state index contributed by atoms with van der Waals surface area (Å²) in [5, 5.41) is 3.27. The zero-order valence-corrected chi connectivity index (χ0v) is 16.6. The fourth-order valence-corrected chi connectivity index (χ4v) is 3.17. The summed E-state index contributed by atoms with van der Waals surface area (Å²) in [5.41, 5.74) is 9.37. The number of esters is 1. The molecule has 6 heteroatoms. The van der Waals surface area contributed by atoms with Crippen LogP contribution in [0, 0.1) is 0 Å². The van der Waals surface area contributed by atoms with Crippen LogP contribution in [0.2, 0.25) is 5.02 Å². The van der Waals surface area contributed by atoms with E-state index in [0.29, 0.717) is 10.7 Å². The molecule has 0 fully saturated rings. The third-order valence-corrected chi connectivity index (χ3v) is 4.82. The SMILES string of the molecule is COC(=O)CC(NC(=O)c1cc(Cl)ccc1N)c1ccc(-c2ccccc2)cc1. The third-order valence-electron chi connectivity index (χ3n) is 4.58. The maximum Gasteiger partial charge on any atom is 0.307 e. The molecule has 1 unspecified atom stereocenters. The monoisotopic (exact) mass is 408 g/mol. The van der Waals surface area contributed by atoms with Crippen molar-refractivity contribution >= 4 is 29.2 Å². The molecule has 0 saturated carbocycles. The number of rotatable bonds is 6. The van der Waals surface area contributed by atoms with Crippen LogP contribution >= 0.6 is 11.6 Å². The van der Waals surface area contributed by atoms with E-state index in [1.165, 1.54) is 13.2 Å². The Hall–Kier alpha value is -3.31. The van der Waals surface area contributed by atoms with Crippen molar-refractivity contribution < 1.29 is 14.3 Å². The Labute approximate surface area is 174 Å². The summed E-state index contributed by atoms with van der Waals surface area (Å²) >= 11 is 5.99. The first-order valence-corrected chi connectivity index (χ1v) is 9.44. The van der Waals surface area contributed by atoms with E-state index in [-0.39, 0.29) is 12.0 Å². The van der Waals surface area contributed by atoms with E-state index in [4.69, 9.17) is 22.1 Å². The van der Waals surface area contributed by atoms with E-state index < -0.39 is 17.9 Å². The molecule has 3 rings (SSSR count). The van der Waals surface area contributed by atoms with Gasteiger partial charge in [0.05, 0.1) is 25.1 Å². The molecule has 0 saturated heterocycles. The first-order valence-electron chi connectivity index (χ1n) is 9.06. The van der Waals surface area contributed by atoms with Crippen LogP contribution in [0.15, 0.2) is 72.8 Å². The summed E-state index contributed by atoms with van der Waals surface area (Å²) in [7, 11) is 1.31. The molecular weight excluding hydrogens is 388 g/mol. The Kier molecular flexibility index (Phi) is 6.52. The lowest BCUT2D eigenvalue weighted by atomic mass is 9.98. The third kappa shape index (κ3) is 5.15. The summed E-state index contributed by atoms with van der Waals surface area (Å²) in [6.07, 6.45) is -0.00655. The molecule has 0 aliphatic carbocycles. The number of hydrogen-bond acceptors (Lipinski definition) is 4. The van der Waals surface area contributed by atoms with E-state index in [9.17, 15) is 9.59 Å². The average Bonchev–Trinajstić information content (AvgIpc) is 2.75. The summed E-state index contributed by atoms with van der Waals surface area (Å²) in [6.45, 7) is 0. The highest BCUT2D eigenvalue weighted by Crippen LogP contribution is 2.25. The van der Waals surface area contributed by atoms with Gasteiger partial charge in [-0.1, -0.05) is 66.2 Å². The van der Waals surface area contributed by atoms with Crippen LogP contribution in [0.3, 0.4) is 0 Å². The number of hydrogen-bond donors (Lipinski definition) is 2. The largest absolute Gasteiger partial charge is 0.469 e. The highest BCUT2D eigenvalue weighted by molar-refractivity contribution is 6.31. The Morgan fingerprint density at radius 3 is 2.31 bits per heavy atom. The van der Waals surface area contributed by atoms with Gasteiger partial charge < -0.3 is 15.8 Å². The predicted molar refractivity (Wildman–Crippen MR) is 115 cm³/mol. The van der Waals surface area contributed by atoms with Crippen LogP contribution < -0.4 is 11.1 Å². The molecule has 0 bridgehead atoms. The van der Waals surface area contributed by atoms with Gasteiger partial charge in [-0.05, 0) is 34.9 Å². The molecule has 0 heterocycles. The molecule has 3 aromatic carbocycles. The molecule has 0 aliphatic rings. The van der Waals surface area contributed by atoms with Gasteiger partial charge in [0.15, 0.2) is 0 Å². The fourth-order valence-electron chi connectivity index (χ4n) is 3.00. The number of carbonyl (C=O) groups excluding carboxylic acids is 2. The molecule has 0 aliphatic heterocycles. The van der Waals surface area contributed by atoms with Gasteiger partial charge in [0.2, 0.25) is 0 Å². The molecule has 3 aromatic rings. The molecule has 1 amide bonds.